The molecule has 0 saturated carbocycles. The number of carbonyl (C=O) groups is 2. The first-order valence-corrected chi connectivity index (χ1v) is 8.16. The van der Waals surface area contributed by atoms with Crippen LogP contribution in [0.4, 0.5) is 0 Å². The Balaban J connectivity index is 0.00000208. The highest BCUT2D eigenvalue weighted by Crippen LogP contribution is 2.18. The SMILES string of the molecule is Cl.NC(C(=O)N1CCN(C(=O)C2CCCO2)CC1)c1ccccc1. The fourth-order valence-corrected chi connectivity index (χ4v) is 3.12. The van der Waals surface area contributed by atoms with Gasteiger partial charge in [0.2, 0.25) is 5.91 Å². The van der Waals surface area contributed by atoms with E-state index in [2.05, 4.69) is 0 Å². The van der Waals surface area contributed by atoms with Crippen molar-refractivity contribution in [1.82, 2.24) is 9.80 Å². The molecule has 2 heterocycles. The third-order valence-corrected chi connectivity index (χ3v) is 4.53. The summed E-state index contributed by atoms with van der Waals surface area (Å²) in [5.74, 6) is -0.0256. The summed E-state index contributed by atoms with van der Waals surface area (Å²) in [6.45, 7) is 2.81. The van der Waals surface area contributed by atoms with Crippen molar-refractivity contribution >= 4 is 24.2 Å². The summed E-state index contributed by atoms with van der Waals surface area (Å²) in [4.78, 5) is 28.4. The summed E-state index contributed by atoms with van der Waals surface area (Å²) in [7, 11) is 0. The topological polar surface area (TPSA) is 75.9 Å². The predicted octanol–water partition coefficient (Wildman–Crippen LogP) is 0.958. The number of halogens is 1. The Morgan fingerprint density at radius 1 is 1.08 bits per heavy atom. The molecule has 0 aromatic heterocycles. The predicted molar refractivity (Wildman–Crippen MR) is 92.8 cm³/mol. The number of hydrogen-bond acceptors (Lipinski definition) is 4. The summed E-state index contributed by atoms with van der Waals surface area (Å²) >= 11 is 0. The van der Waals surface area contributed by atoms with Crippen LogP contribution in [0.5, 0.6) is 0 Å². The molecule has 3 rings (SSSR count). The van der Waals surface area contributed by atoms with Gasteiger partial charge in [0, 0.05) is 32.8 Å². The highest BCUT2D eigenvalue weighted by molar-refractivity contribution is 5.85. The lowest BCUT2D eigenvalue weighted by Gasteiger charge is -2.36. The molecule has 1 aromatic carbocycles. The Bertz CT molecular complexity index is 555. The van der Waals surface area contributed by atoms with E-state index in [0.29, 0.717) is 32.8 Å². The zero-order valence-corrected chi connectivity index (χ0v) is 14.4. The number of nitrogens with zero attached hydrogens (tertiary/aromatic N) is 2. The van der Waals surface area contributed by atoms with Crippen LogP contribution in [-0.2, 0) is 14.3 Å². The zero-order valence-electron chi connectivity index (χ0n) is 13.6. The second-order valence-corrected chi connectivity index (χ2v) is 6.04. The number of hydrogen-bond donors (Lipinski definition) is 1. The van der Waals surface area contributed by atoms with Gasteiger partial charge in [-0.15, -0.1) is 12.4 Å². The van der Waals surface area contributed by atoms with Gasteiger partial charge in [0.1, 0.15) is 12.1 Å². The number of carbonyl (C=O) groups excluding carboxylic acids is 2. The molecular weight excluding hydrogens is 330 g/mol. The van der Waals surface area contributed by atoms with Crippen LogP contribution in [-0.4, -0.2) is 60.5 Å². The monoisotopic (exact) mass is 353 g/mol. The molecule has 7 heteroatoms. The molecule has 1 aromatic rings. The van der Waals surface area contributed by atoms with Crippen molar-refractivity contribution in [2.75, 3.05) is 32.8 Å². The van der Waals surface area contributed by atoms with Gasteiger partial charge in [0.15, 0.2) is 0 Å². The Morgan fingerprint density at radius 2 is 1.71 bits per heavy atom. The molecule has 2 unspecified atom stereocenters. The van der Waals surface area contributed by atoms with Gasteiger partial charge in [-0.25, -0.2) is 0 Å². The molecule has 2 aliphatic heterocycles. The molecule has 2 amide bonds. The Morgan fingerprint density at radius 3 is 2.29 bits per heavy atom. The fraction of sp³-hybridized carbons (Fsp3) is 0.529. The smallest absolute Gasteiger partial charge is 0.251 e. The standard InChI is InChI=1S/C17H23N3O3.ClH/c18-15(13-5-2-1-3-6-13)17(22)20-10-8-19(9-11-20)16(21)14-7-4-12-23-14;/h1-3,5-6,14-15H,4,7-12,18H2;1H. The Labute approximate surface area is 148 Å². The van der Waals surface area contributed by atoms with Crippen LogP contribution in [0.2, 0.25) is 0 Å². The van der Waals surface area contributed by atoms with Gasteiger partial charge in [0.25, 0.3) is 5.91 Å². The molecule has 0 radical (unpaired) electrons. The van der Waals surface area contributed by atoms with Crippen molar-refractivity contribution in [2.45, 2.75) is 25.0 Å². The highest BCUT2D eigenvalue weighted by atomic mass is 35.5. The maximum atomic E-state index is 12.5. The second kappa shape index (κ2) is 8.46. The van der Waals surface area contributed by atoms with Gasteiger partial charge in [-0.2, -0.15) is 0 Å². The largest absolute Gasteiger partial charge is 0.368 e. The van der Waals surface area contributed by atoms with E-state index in [1.54, 1.807) is 9.80 Å². The van der Waals surface area contributed by atoms with Crippen LogP contribution >= 0.6 is 12.4 Å². The fourth-order valence-electron chi connectivity index (χ4n) is 3.12. The summed E-state index contributed by atoms with van der Waals surface area (Å²) < 4.78 is 5.45. The minimum absolute atomic E-state index is 0. The van der Waals surface area contributed by atoms with Gasteiger partial charge in [-0.05, 0) is 18.4 Å². The summed E-state index contributed by atoms with van der Waals surface area (Å²) in [5.41, 5.74) is 6.89. The van der Waals surface area contributed by atoms with Crippen molar-refractivity contribution in [3.63, 3.8) is 0 Å². The molecule has 6 nitrogen and oxygen atoms in total. The molecule has 2 atom stereocenters. The highest BCUT2D eigenvalue weighted by Gasteiger charge is 2.32. The van der Waals surface area contributed by atoms with Crippen molar-refractivity contribution in [3.05, 3.63) is 35.9 Å². The number of rotatable bonds is 3. The van der Waals surface area contributed by atoms with Crippen molar-refractivity contribution < 1.29 is 14.3 Å². The average molecular weight is 354 g/mol. The van der Waals surface area contributed by atoms with Gasteiger partial charge >= 0.3 is 0 Å². The van der Waals surface area contributed by atoms with E-state index in [1.807, 2.05) is 30.3 Å². The number of nitrogens with two attached hydrogens (primary N) is 1. The summed E-state index contributed by atoms with van der Waals surface area (Å²) in [6, 6.07) is 8.73. The van der Waals surface area contributed by atoms with Gasteiger partial charge in [0.05, 0.1) is 0 Å². The summed E-state index contributed by atoms with van der Waals surface area (Å²) in [6.07, 6.45) is 1.46. The lowest BCUT2D eigenvalue weighted by molar-refractivity contribution is -0.146. The first-order chi connectivity index (χ1) is 11.2. The van der Waals surface area contributed by atoms with Crippen molar-refractivity contribution in [1.29, 1.82) is 0 Å². The van der Waals surface area contributed by atoms with E-state index < -0.39 is 6.04 Å². The average Bonchev–Trinajstić information content (AvgIpc) is 3.15. The molecule has 2 fully saturated rings. The van der Waals surface area contributed by atoms with E-state index in [0.717, 1.165) is 18.4 Å². The lowest BCUT2D eigenvalue weighted by Crippen LogP contribution is -2.54. The quantitative estimate of drug-likeness (QED) is 0.878. The minimum Gasteiger partial charge on any atom is -0.368 e. The van der Waals surface area contributed by atoms with Crippen molar-refractivity contribution in [3.8, 4) is 0 Å². The van der Waals surface area contributed by atoms with E-state index in [9.17, 15) is 9.59 Å². The number of benzene rings is 1. The van der Waals surface area contributed by atoms with Crippen molar-refractivity contribution in [2.24, 2.45) is 5.73 Å². The molecule has 2 saturated heterocycles. The van der Waals surface area contributed by atoms with E-state index in [1.165, 1.54) is 0 Å². The van der Waals surface area contributed by atoms with Crippen LogP contribution in [0.15, 0.2) is 30.3 Å². The third-order valence-electron chi connectivity index (χ3n) is 4.53. The zero-order chi connectivity index (χ0) is 16.2. The van der Waals surface area contributed by atoms with Gasteiger partial charge in [-0.1, -0.05) is 30.3 Å². The maximum absolute atomic E-state index is 12.5. The van der Waals surface area contributed by atoms with Crippen LogP contribution < -0.4 is 5.73 Å². The van der Waals surface area contributed by atoms with E-state index >= 15 is 0 Å². The Kier molecular flexibility index (Phi) is 6.60. The minimum atomic E-state index is -0.642. The molecule has 2 aliphatic rings. The van der Waals surface area contributed by atoms with Gasteiger partial charge < -0.3 is 20.3 Å². The molecular formula is C17H24ClN3O3. The maximum Gasteiger partial charge on any atom is 0.251 e. The lowest BCUT2D eigenvalue weighted by atomic mass is 10.1. The first-order valence-electron chi connectivity index (χ1n) is 8.16. The Hall–Kier alpha value is -1.63. The number of amides is 2. The van der Waals surface area contributed by atoms with Gasteiger partial charge in [-0.3, -0.25) is 9.59 Å². The first kappa shape index (κ1) is 18.7. The second-order valence-electron chi connectivity index (χ2n) is 6.04. The van der Waals surface area contributed by atoms with E-state index in [4.69, 9.17) is 10.5 Å². The third kappa shape index (κ3) is 4.06. The number of piperazine rings is 1. The van der Waals surface area contributed by atoms with Crippen LogP contribution in [0.1, 0.15) is 24.4 Å². The molecule has 2 N–H and O–H groups in total. The van der Waals surface area contributed by atoms with Crippen LogP contribution in [0.25, 0.3) is 0 Å². The normalized spacial score (nSPS) is 22.0. The van der Waals surface area contributed by atoms with Crippen LogP contribution in [0, 0.1) is 0 Å². The number of ether oxygens (including phenoxy) is 1. The molecule has 0 bridgehead atoms. The van der Waals surface area contributed by atoms with Crippen LogP contribution in [0.3, 0.4) is 0 Å². The molecule has 0 aliphatic carbocycles. The summed E-state index contributed by atoms with van der Waals surface area (Å²) in [5, 5.41) is 0. The molecule has 0 spiro atoms. The van der Waals surface area contributed by atoms with E-state index in [-0.39, 0.29) is 30.3 Å². The molecule has 132 valence electrons. The molecule has 24 heavy (non-hydrogen) atoms.